The highest BCUT2D eigenvalue weighted by Crippen LogP contribution is 2.68. The summed E-state index contributed by atoms with van der Waals surface area (Å²) in [6.45, 7) is 13.8. The fraction of sp³-hybridized carbons (Fsp3) is 1.00. The van der Waals surface area contributed by atoms with Crippen molar-refractivity contribution < 1.29 is 0 Å². The molecule has 0 saturated heterocycles. The molecule has 1 N–H and O–H groups in total. The molecule has 0 aromatic rings. The van der Waals surface area contributed by atoms with Crippen LogP contribution < -0.4 is 5.32 Å². The summed E-state index contributed by atoms with van der Waals surface area (Å²) in [5.74, 6) is 7.55. The first kappa shape index (κ1) is 24.4. The number of nitrogens with one attached hydrogen (secondary N) is 1. The van der Waals surface area contributed by atoms with Crippen LogP contribution in [0.2, 0.25) is 0 Å². The van der Waals surface area contributed by atoms with Gasteiger partial charge in [-0.05, 0) is 110 Å². The zero-order valence-electron chi connectivity index (χ0n) is 21.4. The van der Waals surface area contributed by atoms with Gasteiger partial charge in [0.1, 0.15) is 0 Å². The highest BCUT2D eigenvalue weighted by molar-refractivity contribution is 6.18. The first-order chi connectivity index (χ1) is 14.8. The maximum atomic E-state index is 5.95. The summed E-state index contributed by atoms with van der Waals surface area (Å²) in [6, 6.07) is 0.727. The minimum absolute atomic E-state index is 0.615. The van der Waals surface area contributed by atoms with Crippen LogP contribution in [0.1, 0.15) is 112 Å². The molecule has 4 rings (SSSR count). The van der Waals surface area contributed by atoms with Crippen molar-refractivity contribution in [2.24, 2.45) is 52.3 Å². The lowest BCUT2D eigenvalue weighted by Gasteiger charge is -2.61. The Morgan fingerprint density at radius 2 is 1.61 bits per heavy atom. The molecule has 0 spiro atoms. The summed E-state index contributed by atoms with van der Waals surface area (Å²) < 4.78 is 0. The molecule has 4 aliphatic rings. The molecule has 180 valence electrons. The van der Waals surface area contributed by atoms with Crippen molar-refractivity contribution in [3.8, 4) is 0 Å². The average Bonchev–Trinajstić information content (AvgIpc) is 3.09. The molecule has 9 atom stereocenters. The summed E-state index contributed by atoms with van der Waals surface area (Å²) in [6.07, 6.45) is 17.7. The van der Waals surface area contributed by atoms with Crippen molar-refractivity contribution in [1.82, 2.24) is 5.32 Å². The van der Waals surface area contributed by atoms with Gasteiger partial charge in [0, 0.05) is 18.5 Å². The largest absolute Gasteiger partial charge is 0.313 e. The van der Waals surface area contributed by atoms with E-state index in [-0.39, 0.29) is 0 Å². The van der Waals surface area contributed by atoms with E-state index < -0.39 is 0 Å². The Morgan fingerprint density at radius 1 is 0.871 bits per heavy atom. The maximum Gasteiger partial charge on any atom is 0.0348 e. The van der Waals surface area contributed by atoms with Gasteiger partial charge in [0.25, 0.3) is 0 Å². The zero-order chi connectivity index (χ0) is 22.2. The molecule has 0 unspecified atom stereocenters. The lowest BCUT2D eigenvalue weighted by atomic mass is 9.44. The van der Waals surface area contributed by atoms with Crippen LogP contribution in [0.5, 0.6) is 0 Å². The fourth-order valence-corrected chi connectivity index (χ4v) is 9.84. The van der Waals surface area contributed by atoms with Crippen LogP contribution in [0.25, 0.3) is 0 Å². The van der Waals surface area contributed by atoms with Gasteiger partial charge >= 0.3 is 0 Å². The summed E-state index contributed by atoms with van der Waals surface area (Å²) >= 11 is 5.95. The quantitative estimate of drug-likeness (QED) is 0.367. The Morgan fingerprint density at radius 3 is 2.35 bits per heavy atom. The van der Waals surface area contributed by atoms with Gasteiger partial charge in [0.15, 0.2) is 0 Å². The molecule has 0 bridgehead atoms. The summed E-state index contributed by atoms with van der Waals surface area (Å²) in [5, 5.41) is 3.75. The van der Waals surface area contributed by atoms with E-state index in [2.05, 4.69) is 39.9 Å². The monoisotopic (exact) mass is 449 g/mol. The van der Waals surface area contributed by atoms with Gasteiger partial charge in [-0.1, -0.05) is 53.9 Å². The summed E-state index contributed by atoms with van der Waals surface area (Å²) in [4.78, 5) is 0. The number of fused-ring (bicyclic) bond motifs is 5. The molecule has 0 aromatic heterocycles. The minimum atomic E-state index is 0.615. The van der Waals surface area contributed by atoms with Gasteiger partial charge < -0.3 is 5.32 Å². The SMILES string of the molecule is CC(C)CCC[C@@H](C)[C@H]1CC[C@H]2[C@@H]3CC[C@H]4C[C@H](NCCCl)CC[C@]4(C)[C@H]3CC[C@]12C. The molecule has 0 heterocycles. The van der Waals surface area contributed by atoms with Gasteiger partial charge in [-0.3, -0.25) is 0 Å². The molecular weight excluding hydrogens is 398 g/mol. The van der Waals surface area contributed by atoms with Gasteiger partial charge in [-0.2, -0.15) is 0 Å². The van der Waals surface area contributed by atoms with Crippen LogP contribution in [-0.2, 0) is 0 Å². The Kier molecular flexibility index (Phi) is 7.75. The molecule has 31 heavy (non-hydrogen) atoms. The summed E-state index contributed by atoms with van der Waals surface area (Å²) in [5.41, 5.74) is 1.26. The third kappa shape index (κ3) is 4.62. The van der Waals surface area contributed by atoms with Crippen molar-refractivity contribution in [1.29, 1.82) is 0 Å². The molecule has 4 aliphatic carbocycles. The standard InChI is InChI=1S/C29H52ClN/c1-20(2)7-6-8-21(3)25-11-12-26-24-10-9-22-19-23(31-18-17-30)13-15-28(22,4)27(24)14-16-29(25,26)5/h20-27,31H,6-19H2,1-5H3/t21-,22+,23-,24+,25-,26+,27+,28+,29-/m1/s1. The van der Waals surface area contributed by atoms with E-state index in [9.17, 15) is 0 Å². The van der Waals surface area contributed by atoms with E-state index in [1.54, 1.807) is 0 Å². The molecule has 0 amide bonds. The Hall–Kier alpha value is 0.250. The highest BCUT2D eigenvalue weighted by atomic mass is 35.5. The lowest BCUT2D eigenvalue weighted by Crippen LogP contribution is -2.55. The number of alkyl halides is 1. The van der Waals surface area contributed by atoms with Gasteiger partial charge in [0.2, 0.25) is 0 Å². The second-order valence-corrected chi connectivity index (χ2v) is 13.7. The van der Waals surface area contributed by atoms with Crippen LogP contribution in [0.4, 0.5) is 0 Å². The van der Waals surface area contributed by atoms with Crippen molar-refractivity contribution in [3.63, 3.8) is 0 Å². The fourth-order valence-electron chi connectivity index (χ4n) is 9.73. The van der Waals surface area contributed by atoms with Crippen molar-refractivity contribution in [3.05, 3.63) is 0 Å². The Labute approximate surface area is 199 Å². The second-order valence-electron chi connectivity index (χ2n) is 13.3. The van der Waals surface area contributed by atoms with Crippen molar-refractivity contribution in [2.75, 3.05) is 12.4 Å². The molecule has 4 saturated carbocycles. The number of rotatable bonds is 8. The van der Waals surface area contributed by atoms with Crippen LogP contribution in [0.15, 0.2) is 0 Å². The zero-order valence-corrected chi connectivity index (χ0v) is 22.2. The third-order valence-corrected chi connectivity index (χ3v) is 11.6. The van der Waals surface area contributed by atoms with Crippen molar-refractivity contribution in [2.45, 2.75) is 118 Å². The van der Waals surface area contributed by atoms with Crippen LogP contribution in [0.3, 0.4) is 0 Å². The Balaban J connectivity index is 1.41. The van der Waals surface area contributed by atoms with Crippen molar-refractivity contribution >= 4 is 11.6 Å². The second kappa shape index (κ2) is 9.85. The summed E-state index contributed by atoms with van der Waals surface area (Å²) in [7, 11) is 0. The predicted molar refractivity (Wildman–Crippen MR) is 136 cm³/mol. The molecule has 4 fully saturated rings. The smallest absolute Gasteiger partial charge is 0.0348 e. The normalized spacial score (nSPS) is 45.8. The Bertz CT molecular complexity index is 589. The predicted octanol–water partition coefficient (Wildman–Crippen LogP) is 8.30. The molecule has 0 aromatic carbocycles. The molecule has 2 heteroatoms. The highest BCUT2D eigenvalue weighted by Gasteiger charge is 2.60. The van der Waals surface area contributed by atoms with Gasteiger partial charge in [-0.15, -0.1) is 11.6 Å². The number of halogens is 1. The number of hydrogen-bond acceptors (Lipinski definition) is 1. The van der Waals surface area contributed by atoms with Gasteiger partial charge in [0.05, 0.1) is 0 Å². The first-order valence-corrected chi connectivity index (χ1v) is 14.6. The average molecular weight is 450 g/mol. The van der Waals surface area contributed by atoms with E-state index in [0.29, 0.717) is 10.8 Å². The molecule has 0 radical (unpaired) electrons. The molecule has 1 nitrogen and oxygen atoms in total. The first-order valence-electron chi connectivity index (χ1n) is 14.1. The lowest BCUT2D eigenvalue weighted by molar-refractivity contribution is -0.117. The maximum absolute atomic E-state index is 5.95. The van der Waals surface area contributed by atoms with Crippen LogP contribution in [0, 0.1) is 52.3 Å². The van der Waals surface area contributed by atoms with E-state index >= 15 is 0 Å². The number of hydrogen-bond donors (Lipinski definition) is 1. The minimum Gasteiger partial charge on any atom is -0.313 e. The van der Waals surface area contributed by atoms with E-state index in [1.807, 2.05) is 0 Å². The van der Waals surface area contributed by atoms with E-state index in [0.717, 1.165) is 59.9 Å². The molecular formula is C29H52ClN. The van der Waals surface area contributed by atoms with E-state index in [1.165, 1.54) is 77.0 Å². The third-order valence-electron chi connectivity index (χ3n) is 11.4. The van der Waals surface area contributed by atoms with Gasteiger partial charge in [-0.25, -0.2) is 0 Å². The van der Waals surface area contributed by atoms with Crippen LogP contribution in [-0.4, -0.2) is 18.5 Å². The topological polar surface area (TPSA) is 12.0 Å². The van der Waals surface area contributed by atoms with Crippen LogP contribution >= 0.6 is 11.6 Å². The van der Waals surface area contributed by atoms with E-state index in [4.69, 9.17) is 11.6 Å². The molecule has 0 aliphatic heterocycles.